The maximum Gasteiger partial charge on any atom is 0.164 e. The van der Waals surface area contributed by atoms with E-state index in [4.69, 9.17) is 22.3 Å². The van der Waals surface area contributed by atoms with Crippen LogP contribution in [0.2, 0.25) is 0 Å². The Bertz CT molecular complexity index is 3380. The molecule has 0 saturated carbocycles. The summed E-state index contributed by atoms with van der Waals surface area (Å²) in [5.74, 6) is -0.396. The fourth-order valence-electron chi connectivity index (χ4n) is 8.36. The van der Waals surface area contributed by atoms with Gasteiger partial charge in [0.1, 0.15) is 0 Å². The molecule has 0 N–H and O–H groups in total. The van der Waals surface area contributed by atoms with Crippen LogP contribution >= 0.6 is 11.8 Å². The van der Waals surface area contributed by atoms with Gasteiger partial charge in [0, 0.05) is 26.5 Å². The summed E-state index contributed by atoms with van der Waals surface area (Å²) < 4.78 is 78.2. The van der Waals surface area contributed by atoms with Crippen molar-refractivity contribution in [2.45, 2.75) is 22.1 Å². The Balaban J connectivity index is 1.29. The van der Waals surface area contributed by atoms with Crippen molar-refractivity contribution in [3.63, 3.8) is 0 Å². The van der Waals surface area contributed by atoms with Crippen molar-refractivity contribution in [1.82, 2.24) is 15.0 Å². The summed E-state index contributed by atoms with van der Waals surface area (Å²) in [6.45, 7) is 1.52. The van der Waals surface area contributed by atoms with Gasteiger partial charge in [-0.25, -0.2) is 15.0 Å². The first-order valence-corrected chi connectivity index (χ1v) is 18.8. The van der Waals surface area contributed by atoms with E-state index in [0.717, 1.165) is 65.1 Å². The Morgan fingerprint density at radius 1 is 0.491 bits per heavy atom. The third kappa shape index (κ3) is 4.88. The second-order valence-corrected chi connectivity index (χ2v) is 14.7. The lowest BCUT2D eigenvalue weighted by Crippen LogP contribution is -2.34. The highest BCUT2D eigenvalue weighted by atomic mass is 32.2. The maximum atomic E-state index is 9.07. The van der Waals surface area contributed by atoms with E-state index < -0.39 is 47.7 Å². The Morgan fingerprint density at radius 3 is 1.95 bits per heavy atom. The number of nitrogens with zero attached hydrogens (tertiary/aromatic N) is 3. The molecule has 1 atom stereocenters. The molecule has 0 saturated heterocycles. The highest BCUT2D eigenvalue weighted by Gasteiger charge is 2.48. The first kappa shape index (κ1) is 23.9. The summed E-state index contributed by atoms with van der Waals surface area (Å²) in [4.78, 5) is 16.6. The summed E-state index contributed by atoms with van der Waals surface area (Å²) in [6.07, 6.45) is 0. The van der Waals surface area contributed by atoms with E-state index in [2.05, 4.69) is 114 Å². The van der Waals surface area contributed by atoms with E-state index in [1.807, 2.05) is 18.2 Å². The molecule has 11 rings (SSSR count). The minimum absolute atomic E-state index is 0.0608. The first-order chi connectivity index (χ1) is 30.9. The van der Waals surface area contributed by atoms with Crippen molar-refractivity contribution in [3.05, 3.63) is 210 Å². The predicted octanol–water partition coefficient (Wildman–Crippen LogP) is 12.8. The SMILES string of the molecule is [2H]c1c([2H])c([2H])c(-c2nc(-c3ccc4c(c3)C3(c5ccccc5Sc5c3ccc3ccccc53)c3ccccc3-c3ccccc3-4)nc(-c3c([2H])c([2H])c([2H])c(C)c3[2H])n2)c([2H])c1[2H]. The van der Waals surface area contributed by atoms with Crippen LogP contribution < -0.4 is 0 Å². The standard InChI is InChI=1S/C51H33N3S/c1-32-14-13-18-35(30-32)49-52-48(34-16-3-2-4-17-34)53-50(54-49)36-26-28-41-39-21-8-7-20-38(39)40-22-9-10-23-42(40)51(45(41)31-36)43-24-11-12-25-46(43)55-47-37-19-6-5-15-33(37)27-29-44(47)51/h2-31H,1H3/i2D,3D,4D,13D,14D,16D,17D,18D,30D. The number of benzene rings is 8. The molecule has 1 aliphatic carbocycles. The van der Waals surface area contributed by atoms with Crippen molar-refractivity contribution in [2.24, 2.45) is 0 Å². The Hall–Kier alpha value is -6.62. The third-order valence-electron chi connectivity index (χ3n) is 10.6. The molecule has 1 aromatic heterocycles. The van der Waals surface area contributed by atoms with E-state index in [9.17, 15) is 0 Å². The lowest BCUT2D eigenvalue weighted by atomic mass is 9.62. The van der Waals surface area contributed by atoms with Gasteiger partial charge in [0.25, 0.3) is 0 Å². The summed E-state index contributed by atoms with van der Waals surface area (Å²) in [6, 6.07) is 40.1. The predicted molar refractivity (Wildman–Crippen MR) is 225 cm³/mol. The molecule has 0 bridgehead atoms. The van der Waals surface area contributed by atoms with E-state index in [1.165, 1.54) is 6.92 Å². The van der Waals surface area contributed by atoms with Gasteiger partial charge >= 0.3 is 0 Å². The molecule has 0 amide bonds. The quantitative estimate of drug-likeness (QED) is 0.182. The van der Waals surface area contributed by atoms with E-state index in [0.29, 0.717) is 5.56 Å². The fraction of sp³-hybridized carbons (Fsp3) is 0.0392. The number of hydrogen-bond donors (Lipinski definition) is 0. The van der Waals surface area contributed by atoms with Gasteiger partial charge in [0.2, 0.25) is 0 Å². The zero-order valence-corrected chi connectivity index (χ0v) is 30.2. The molecule has 55 heavy (non-hydrogen) atoms. The maximum absolute atomic E-state index is 9.07. The van der Waals surface area contributed by atoms with Gasteiger partial charge in [0.05, 0.1) is 17.8 Å². The Labute approximate surface area is 337 Å². The summed E-state index contributed by atoms with van der Waals surface area (Å²) >= 11 is 1.75. The molecule has 0 fully saturated rings. The molecule has 9 aromatic rings. The summed E-state index contributed by atoms with van der Waals surface area (Å²) in [5, 5.41) is 2.24. The van der Waals surface area contributed by atoms with Crippen LogP contribution in [0.1, 0.15) is 40.2 Å². The van der Waals surface area contributed by atoms with Crippen LogP contribution in [0.3, 0.4) is 0 Å². The van der Waals surface area contributed by atoms with Crippen molar-refractivity contribution in [2.75, 3.05) is 0 Å². The number of hydrogen-bond acceptors (Lipinski definition) is 4. The van der Waals surface area contributed by atoms with Crippen molar-refractivity contribution < 1.29 is 12.3 Å². The highest BCUT2D eigenvalue weighted by Crippen LogP contribution is 2.62. The molecule has 258 valence electrons. The first-order valence-electron chi connectivity index (χ1n) is 22.5. The second kappa shape index (κ2) is 12.5. The zero-order chi connectivity index (χ0) is 44.3. The largest absolute Gasteiger partial charge is 0.208 e. The van der Waals surface area contributed by atoms with Crippen LogP contribution in [0.5, 0.6) is 0 Å². The third-order valence-corrected chi connectivity index (χ3v) is 11.9. The number of rotatable bonds is 3. The Morgan fingerprint density at radius 2 is 1.13 bits per heavy atom. The topological polar surface area (TPSA) is 38.7 Å². The summed E-state index contributed by atoms with van der Waals surface area (Å²) in [5.41, 5.74) is 7.65. The molecule has 2 heterocycles. The van der Waals surface area contributed by atoms with Gasteiger partial charge < -0.3 is 0 Å². The van der Waals surface area contributed by atoms with Gasteiger partial charge in [-0.15, -0.1) is 0 Å². The lowest BCUT2D eigenvalue weighted by molar-refractivity contribution is 0.711. The van der Waals surface area contributed by atoms with Crippen LogP contribution in [0, 0.1) is 6.92 Å². The number of fused-ring (bicyclic) bond motifs is 13. The van der Waals surface area contributed by atoms with Crippen LogP contribution in [0.15, 0.2) is 192 Å². The smallest absolute Gasteiger partial charge is 0.164 e. The average molecular weight is 729 g/mol. The van der Waals surface area contributed by atoms with Crippen LogP contribution in [-0.4, -0.2) is 15.0 Å². The molecular weight excluding hydrogens is 687 g/mol. The van der Waals surface area contributed by atoms with Gasteiger partial charge in [-0.05, 0) is 80.4 Å². The molecule has 2 aliphatic rings. The van der Waals surface area contributed by atoms with Gasteiger partial charge in [-0.1, -0.05) is 181 Å². The van der Waals surface area contributed by atoms with Crippen LogP contribution in [0.4, 0.5) is 0 Å². The van der Waals surface area contributed by atoms with Gasteiger partial charge in [-0.2, -0.15) is 0 Å². The molecule has 0 radical (unpaired) electrons. The molecule has 4 heteroatoms. The summed E-state index contributed by atoms with van der Waals surface area (Å²) in [7, 11) is 0. The minimum atomic E-state index is -0.919. The van der Waals surface area contributed by atoms with Crippen molar-refractivity contribution >= 4 is 22.5 Å². The molecule has 3 nitrogen and oxygen atoms in total. The monoisotopic (exact) mass is 728 g/mol. The Kier molecular flexibility index (Phi) is 5.43. The lowest BCUT2D eigenvalue weighted by Gasteiger charge is -2.43. The normalized spacial score (nSPS) is 17.3. The van der Waals surface area contributed by atoms with Crippen molar-refractivity contribution in [3.8, 4) is 56.4 Å². The van der Waals surface area contributed by atoms with E-state index >= 15 is 0 Å². The second-order valence-electron chi connectivity index (χ2n) is 13.7. The number of aromatic nitrogens is 3. The molecular formula is C51H33N3S. The molecule has 8 aromatic carbocycles. The zero-order valence-electron chi connectivity index (χ0n) is 38.4. The van der Waals surface area contributed by atoms with E-state index in [1.54, 1.807) is 11.8 Å². The van der Waals surface area contributed by atoms with Crippen LogP contribution in [-0.2, 0) is 5.41 Å². The van der Waals surface area contributed by atoms with Gasteiger partial charge in [0.15, 0.2) is 17.5 Å². The van der Waals surface area contributed by atoms with Crippen LogP contribution in [0.25, 0.3) is 67.2 Å². The molecule has 1 unspecified atom stereocenters. The van der Waals surface area contributed by atoms with Crippen molar-refractivity contribution in [1.29, 1.82) is 0 Å². The highest BCUT2D eigenvalue weighted by molar-refractivity contribution is 7.99. The molecule has 1 spiro atoms. The van der Waals surface area contributed by atoms with E-state index in [-0.39, 0.29) is 46.2 Å². The van der Waals surface area contributed by atoms with Gasteiger partial charge in [-0.3, -0.25) is 0 Å². The molecule has 1 aliphatic heterocycles. The fourth-order valence-corrected chi connectivity index (χ4v) is 9.68. The minimum Gasteiger partial charge on any atom is -0.208 e. The average Bonchev–Trinajstić information content (AvgIpc) is 3.43.